The van der Waals surface area contributed by atoms with Gasteiger partial charge < -0.3 is 0 Å². The molecular formula is C9H12. The summed E-state index contributed by atoms with van der Waals surface area (Å²) >= 11 is 0. The van der Waals surface area contributed by atoms with Crippen LogP contribution in [0.4, 0.5) is 0 Å². The van der Waals surface area contributed by atoms with Crippen LogP contribution in [-0.2, 0) is 0 Å². The van der Waals surface area contributed by atoms with Gasteiger partial charge in [-0.1, -0.05) is 11.6 Å². The van der Waals surface area contributed by atoms with Gasteiger partial charge in [-0.25, -0.2) is 0 Å². The molecule has 9 heavy (non-hydrogen) atoms. The van der Waals surface area contributed by atoms with Crippen molar-refractivity contribution in [2.45, 2.75) is 32.1 Å². The molecule has 1 aliphatic carbocycles. The van der Waals surface area contributed by atoms with E-state index in [9.17, 15) is 0 Å². The Labute approximate surface area is 57.0 Å². The maximum Gasteiger partial charge on any atom is 0.0296 e. The number of hydrogen-bond acceptors (Lipinski definition) is 0. The summed E-state index contributed by atoms with van der Waals surface area (Å²) in [4.78, 5) is 0. The zero-order chi connectivity index (χ0) is 6.53. The predicted octanol–water partition coefficient (Wildman–Crippen LogP) is 2.51. The van der Waals surface area contributed by atoms with E-state index in [1.165, 1.54) is 31.3 Å². The van der Waals surface area contributed by atoms with Gasteiger partial charge in [-0.05, 0) is 25.7 Å². The molecular weight excluding hydrogens is 108 g/mol. The van der Waals surface area contributed by atoms with Gasteiger partial charge in [0.2, 0.25) is 0 Å². The Balaban J connectivity index is 2.39. The second-order valence-electron chi connectivity index (χ2n) is 2.49. The van der Waals surface area contributed by atoms with E-state index >= 15 is 0 Å². The normalized spacial score (nSPS) is 18.3. The minimum Gasteiger partial charge on any atom is -0.120 e. The quantitative estimate of drug-likeness (QED) is 0.368. The predicted molar refractivity (Wildman–Crippen MR) is 40.0 cm³/mol. The van der Waals surface area contributed by atoms with Crippen molar-refractivity contribution in [3.05, 3.63) is 11.6 Å². The van der Waals surface area contributed by atoms with Crippen LogP contribution >= 0.6 is 0 Å². The lowest BCUT2D eigenvalue weighted by atomic mass is 9.98. The number of rotatable bonds is 1. The topological polar surface area (TPSA) is 0 Å². The van der Waals surface area contributed by atoms with E-state index in [1.807, 2.05) is 0 Å². The summed E-state index contributed by atoms with van der Waals surface area (Å²) in [5.74, 6) is 2.67. The smallest absolute Gasteiger partial charge is 0.0296 e. The summed E-state index contributed by atoms with van der Waals surface area (Å²) < 4.78 is 0. The van der Waals surface area contributed by atoms with Crippen molar-refractivity contribution in [3.8, 4) is 12.3 Å². The molecule has 0 spiro atoms. The van der Waals surface area contributed by atoms with Gasteiger partial charge in [-0.2, -0.15) is 0 Å². The summed E-state index contributed by atoms with van der Waals surface area (Å²) in [6.45, 7) is 0. The maximum absolute atomic E-state index is 5.17. The second-order valence-corrected chi connectivity index (χ2v) is 2.49. The van der Waals surface area contributed by atoms with Gasteiger partial charge in [0.25, 0.3) is 0 Å². The van der Waals surface area contributed by atoms with Gasteiger partial charge in [0.05, 0.1) is 0 Å². The monoisotopic (exact) mass is 120 g/mol. The van der Waals surface area contributed by atoms with Gasteiger partial charge in [-0.3, -0.25) is 0 Å². The first-order chi connectivity index (χ1) is 4.43. The molecule has 0 N–H and O–H groups in total. The van der Waals surface area contributed by atoms with Crippen LogP contribution in [0.2, 0.25) is 0 Å². The molecule has 1 aliphatic rings. The van der Waals surface area contributed by atoms with E-state index in [4.69, 9.17) is 6.42 Å². The van der Waals surface area contributed by atoms with Gasteiger partial charge >= 0.3 is 0 Å². The minimum absolute atomic E-state index is 0.875. The Morgan fingerprint density at radius 3 is 3.00 bits per heavy atom. The van der Waals surface area contributed by atoms with E-state index in [1.54, 1.807) is 0 Å². The zero-order valence-corrected chi connectivity index (χ0v) is 5.69. The molecule has 0 unspecified atom stereocenters. The molecule has 0 saturated carbocycles. The summed E-state index contributed by atoms with van der Waals surface area (Å²) in [6, 6.07) is 0. The highest BCUT2D eigenvalue weighted by molar-refractivity contribution is 5.12. The summed E-state index contributed by atoms with van der Waals surface area (Å²) in [5, 5.41) is 0. The van der Waals surface area contributed by atoms with Crippen LogP contribution in [-0.4, -0.2) is 0 Å². The fourth-order valence-corrected chi connectivity index (χ4v) is 1.20. The first kappa shape index (κ1) is 6.42. The van der Waals surface area contributed by atoms with Crippen LogP contribution in [0.5, 0.6) is 0 Å². The average molecular weight is 120 g/mol. The number of hydrogen-bond donors (Lipinski definition) is 0. The molecule has 1 rings (SSSR count). The SMILES string of the molecule is C#CCC1=CCCCC1. The average Bonchev–Trinajstić information content (AvgIpc) is 1.91. The van der Waals surface area contributed by atoms with E-state index in [-0.39, 0.29) is 0 Å². The number of allylic oxidation sites excluding steroid dienone is 2. The Bertz CT molecular complexity index is 146. The Morgan fingerprint density at radius 2 is 2.44 bits per heavy atom. The van der Waals surface area contributed by atoms with E-state index < -0.39 is 0 Å². The molecule has 0 bridgehead atoms. The first-order valence-electron chi connectivity index (χ1n) is 3.55. The Hall–Kier alpha value is -0.700. The molecule has 48 valence electrons. The maximum atomic E-state index is 5.17. The zero-order valence-electron chi connectivity index (χ0n) is 5.69. The highest BCUT2D eigenvalue weighted by Gasteiger charge is 2.00. The summed E-state index contributed by atoms with van der Waals surface area (Å²) in [5.41, 5.74) is 1.48. The third-order valence-electron chi connectivity index (χ3n) is 1.71. The first-order valence-corrected chi connectivity index (χ1v) is 3.55. The van der Waals surface area contributed by atoms with Crippen LogP contribution in [0.15, 0.2) is 11.6 Å². The van der Waals surface area contributed by atoms with Crippen molar-refractivity contribution in [1.82, 2.24) is 0 Å². The highest BCUT2D eigenvalue weighted by Crippen LogP contribution is 2.18. The molecule has 0 aromatic rings. The third-order valence-corrected chi connectivity index (χ3v) is 1.71. The van der Waals surface area contributed by atoms with E-state index in [2.05, 4.69) is 12.0 Å². The fraction of sp³-hybridized carbons (Fsp3) is 0.556. The van der Waals surface area contributed by atoms with Gasteiger partial charge in [0, 0.05) is 6.42 Å². The molecule has 0 radical (unpaired) electrons. The molecule has 0 atom stereocenters. The third kappa shape index (κ3) is 1.93. The van der Waals surface area contributed by atoms with Gasteiger partial charge in [0.1, 0.15) is 0 Å². The van der Waals surface area contributed by atoms with Crippen molar-refractivity contribution in [2.75, 3.05) is 0 Å². The lowest BCUT2D eigenvalue weighted by molar-refractivity contribution is 0.693. The summed E-state index contributed by atoms with van der Waals surface area (Å²) in [7, 11) is 0. The Morgan fingerprint density at radius 1 is 1.56 bits per heavy atom. The van der Waals surface area contributed by atoms with E-state index in [0.29, 0.717) is 0 Å². The largest absolute Gasteiger partial charge is 0.120 e. The summed E-state index contributed by atoms with van der Waals surface area (Å²) in [6.07, 6.45) is 13.5. The van der Waals surface area contributed by atoms with Gasteiger partial charge in [0.15, 0.2) is 0 Å². The van der Waals surface area contributed by atoms with Crippen molar-refractivity contribution in [3.63, 3.8) is 0 Å². The van der Waals surface area contributed by atoms with Crippen LogP contribution in [0.3, 0.4) is 0 Å². The molecule has 0 heteroatoms. The second kappa shape index (κ2) is 3.35. The van der Waals surface area contributed by atoms with Crippen LogP contribution < -0.4 is 0 Å². The molecule has 0 aromatic heterocycles. The number of terminal acetylenes is 1. The van der Waals surface area contributed by atoms with E-state index in [0.717, 1.165) is 6.42 Å². The van der Waals surface area contributed by atoms with Crippen LogP contribution in [0, 0.1) is 12.3 Å². The van der Waals surface area contributed by atoms with Crippen molar-refractivity contribution in [2.24, 2.45) is 0 Å². The van der Waals surface area contributed by atoms with Crippen LogP contribution in [0.25, 0.3) is 0 Å². The highest BCUT2D eigenvalue weighted by atomic mass is 14.1. The molecule has 0 aliphatic heterocycles. The molecule has 0 heterocycles. The fourth-order valence-electron chi connectivity index (χ4n) is 1.20. The molecule has 0 fully saturated rings. The molecule has 0 nitrogen and oxygen atoms in total. The Kier molecular flexibility index (Phi) is 2.39. The van der Waals surface area contributed by atoms with Crippen molar-refractivity contribution >= 4 is 0 Å². The molecule has 0 aromatic carbocycles. The van der Waals surface area contributed by atoms with Crippen molar-refractivity contribution in [1.29, 1.82) is 0 Å². The lowest BCUT2D eigenvalue weighted by Gasteiger charge is -2.08. The molecule has 0 saturated heterocycles. The minimum atomic E-state index is 0.875. The van der Waals surface area contributed by atoms with Crippen molar-refractivity contribution < 1.29 is 0 Å². The van der Waals surface area contributed by atoms with Crippen LogP contribution in [0.1, 0.15) is 32.1 Å². The molecule has 0 amide bonds. The standard InChI is InChI=1S/C9H12/c1-2-6-9-7-4-3-5-8-9/h1,7H,3-6,8H2. The van der Waals surface area contributed by atoms with Gasteiger partial charge in [-0.15, -0.1) is 12.3 Å². The lowest BCUT2D eigenvalue weighted by Crippen LogP contribution is -1.89.